The SMILES string of the molecule is CCCCCCCCCCCCCC/C=C/CCCCC1NC=C[N+]1(CC)C(C)NC(C)=O. The van der Waals surface area contributed by atoms with Crippen molar-refractivity contribution in [2.45, 2.75) is 149 Å². The second kappa shape index (κ2) is 19.1. The number of allylic oxidation sites excluding steroid dienone is 2. The Kier molecular flexibility index (Phi) is 17.2. The van der Waals surface area contributed by atoms with Gasteiger partial charge in [0.15, 0.2) is 12.3 Å². The van der Waals surface area contributed by atoms with Gasteiger partial charge in [-0.3, -0.25) is 9.28 Å². The number of nitrogens with zero attached hydrogens (tertiary/aromatic N) is 1. The quantitative estimate of drug-likeness (QED) is 0.103. The molecule has 0 aromatic heterocycles. The Balaban J connectivity index is 1.99. The maximum Gasteiger partial charge on any atom is 0.221 e. The van der Waals surface area contributed by atoms with Crippen LogP contribution in [0.5, 0.6) is 0 Å². The van der Waals surface area contributed by atoms with Crippen LogP contribution in [0.15, 0.2) is 24.6 Å². The van der Waals surface area contributed by atoms with E-state index in [-0.39, 0.29) is 12.1 Å². The van der Waals surface area contributed by atoms with Crippen molar-refractivity contribution in [2.75, 3.05) is 6.54 Å². The molecule has 33 heavy (non-hydrogen) atoms. The molecular weight excluding hydrogens is 406 g/mol. The first-order valence-corrected chi connectivity index (χ1v) is 14.3. The second-order valence-electron chi connectivity index (χ2n) is 10.1. The largest absolute Gasteiger partial charge is 0.338 e. The van der Waals surface area contributed by atoms with E-state index in [2.05, 4.69) is 56.0 Å². The van der Waals surface area contributed by atoms with Crippen LogP contribution < -0.4 is 10.6 Å². The first kappa shape index (κ1) is 29.7. The molecule has 192 valence electrons. The molecule has 3 atom stereocenters. The summed E-state index contributed by atoms with van der Waals surface area (Å²) in [4.78, 5) is 11.5. The maximum atomic E-state index is 11.5. The van der Waals surface area contributed by atoms with Crippen LogP contribution in [0.2, 0.25) is 0 Å². The van der Waals surface area contributed by atoms with Crippen molar-refractivity contribution < 1.29 is 9.28 Å². The molecule has 0 aromatic carbocycles. The molecule has 4 nitrogen and oxygen atoms in total. The Morgan fingerprint density at radius 3 is 1.91 bits per heavy atom. The van der Waals surface area contributed by atoms with E-state index in [0.717, 1.165) is 17.4 Å². The molecule has 1 heterocycles. The van der Waals surface area contributed by atoms with Gasteiger partial charge < -0.3 is 10.6 Å². The molecule has 1 aliphatic rings. The standard InChI is InChI=1S/C29H55N3O/c1-5-7-8-9-10-11-12-13-14-15-16-17-18-19-20-21-22-23-24-29-30-25-26-32(29,6-2)27(3)31-28(4)33/h19-20,25-27,29-30H,5-18,21-24H2,1-4H3/p+1/b20-19+. The molecule has 0 bridgehead atoms. The van der Waals surface area contributed by atoms with E-state index in [1.807, 2.05) is 0 Å². The normalized spacial score (nSPS) is 20.9. The number of hydrogen-bond donors (Lipinski definition) is 2. The molecular formula is C29H56N3O+. The molecule has 0 radical (unpaired) electrons. The van der Waals surface area contributed by atoms with Crippen LogP contribution in [0, 0.1) is 0 Å². The third kappa shape index (κ3) is 12.7. The van der Waals surface area contributed by atoms with Gasteiger partial charge in [0, 0.05) is 20.3 Å². The number of unbranched alkanes of at least 4 members (excludes halogenated alkanes) is 14. The first-order chi connectivity index (χ1) is 16.1. The first-order valence-electron chi connectivity index (χ1n) is 14.3. The Morgan fingerprint density at radius 1 is 0.879 bits per heavy atom. The number of carbonyl (C=O) groups is 1. The average molecular weight is 463 g/mol. The van der Waals surface area contributed by atoms with Gasteiger partial charge >= 0.3 is 0 Å². The molecule has 4 heteroatoms. The highest BCUT2D eigenvalue weighted by Crippen LogP contribution is 2.26. The van der Waals surface area contributed by atoms with Gasteiger partial charge in [-0.1, -0.05) is 89.7 Å². The summed E-state index contributed by atoms with van der Waals surface area (Å²) in [6.45, 7) is 9.20. The molecule has 0 fully saturated rings. The summed E-state index contributed by atoms with van der Waals surface area (Å²) in [7, 11) is 0. The Labute approximate surface area is 206 Å². The summed E-state index contributed by atoms with van der Waals surface area (Å²) in [6.07, 6.45) is 32.6. The number of quaternary nitrogens is 1. The number of rotatable bonds is 21. The molecule has 1 rings (SSSR count). The van der Waals surface area contributed by atoms with Gasteiger partial charge in [-0.15, -0.1) is 0 Å². The van der Waals surface area contributed by atoms with Crippen molar-refractivity contribution in [1.29, 1.82) is 0 Å². The minimum Gasteiger partial charge on any atom is -0.338 e. The Hall–Kier alpha value is -1.29. The molecule has 0 aliphatic carbocycles. The van der Waals surface area contributed by atoms with Crippen LogP contribution in [-0.2, 0) is 4.79 Å². The van der Waals surface area contributed by atoms with Crippen molar-refractivity contribution in [3.8, 4) is 0 Å². The summed E-state index contributed by atoms with van der Waals surface area (Å²) < 4.78 is 0.800. The molecule has 1 aliphatic heterocycles. The predicted octanol–water partition coefficient (Wildman–Crippen LogP) is 7.91. The van der Waals surface area contributed by atoms with Gasteiger partial charge in [-0.2, -0.15) is 0 Å². The zero-order valence-electron chi connectivity index (χ0n) is 22.5. The van der Waals surface area contributed by atoms with E-state index in [0.29, 0.717) is 6.17 Å². The Morgan fingerprint density at radius 2 is 1.39 bits per heavy atom. The third-order valence-corrected chi connectivity index (χ3v) is 7.39. The van der Waals surface area contributed by atoms with Crippen LogP contribution in [0.3, 0.4) is 0 Å². The maximum absolute atomic E-state index is 11.5. The van der Waals surface area contributed by atoms with Gasteiger partial charge in [0.1, 0.15) is 6.20 Å². The van der Waals surface area contributed by atoms with Gasteiger partial charge in [0.05, 0.1) is 12.7 Å². The van der Waals surface area contributed by atoms with Crippen LogP contribution in [-0.4, -0.2) is 29.3 Å². The monoisotopic (exact) mass is 462 g/mol. The number of hydrogen-bond acceptors (Lipinski definition) is 2. The fourth-order valence-corrected chi connectivity index (χ4v) is 5.21. The summed E-state index contributed by atoms with van der Waals surface area (Å²) >= 11 is 0. The van der Waals surface area contributed by atoms with E-state index in [9.17, 15) is 4.79 Å². The second-order valence-corrected chi connectivity index (χ2v) is 10.1. The number of carbonyl (C=O) groups excluding carboxylic acids is 1. The predicted molar refractivity (Wildman–Crippen MR) is 143 cm³/mol. The highest BCUT2D eigenvalue weighted by Gasteiger charge is 2.41. The highest BCUT2D eigenvalue weighted by atomic mass is 16.1. The minimum atomic E-state index is 0.0470. The number of nitrogens with one attached hydrogen (secondary N) is 2. The average Bonchev–Trinajstić information content (AvgIpc) is 3.22. The van der Waals surface area contributed by atoms with E-state index >= 15 is 0 Å². The lowest BCUT2D eigenvalue weighted by Gasteiger charge is -2.41. The van der Waals surface area contributed by atoms with Gasteiger partial charge in [-0.25, -0.2) is 0 Å². The lowest BCUT2D eigenvalue weighted by atomic mass is 10.0. The van der Waals surface area contributed by atoms with Crippen molar-refractivity contribution in [1.82, 2.24) is 10.6 Å². The highest BCUT2D eigenvalue weighted by molar-refractivity contribution is 5.72. The van der Waals surface area contributed by atoms with Crippen molar-refractivity contribution in [2.24, 2.45) is 0 Å². The zero-order valence-corrected chi connectivity index (χ0v) is 22.5. The summed E-state index contributed by atoms with van der Waals surface area (Å²) in [5, 5.41) is 6.63. The van der Waals surface area contributed by atoms with E-state index in [4.69, 9.17) is 0 Å². The van der Waals surface area contributed by atoms with E-state index in [1.54, 1.807) is 6.92 Å². The zero-order chi connectivity index (χ0) is 24.2. The van der Waals surface area contributed by atoms with Crippen LogP contribution in [0.25, 0.3) is 0 Å². The fourth-order valence-electron chi connectivity index (χ4n) is 5.21. The number of amides is 1. The third-order valence-electron chi connectivity index (χ3n) is 7.39. The van der Waals surface area contributed by atoms with Gasteiger partial charge in [0.25, 0.3) is 0 Å². The molecule has 3 unspecified atom stereocenters. The van der Waals surface area contributed by atoms with E-state index in [1.165, 1.54) is 103 Å². The molecule has 2 N–H and O–H groups in total. The fraction of sp³-hybridized carbons (Fsp3) is 0.828. The van der Waals surface area contributed by atoms with Crippen LogP contribution in [0.1, 0.15) is 137 Å². The molecule has 0 spiro atoms. The van der Waals surface area contributed by atoms with Crippen molar-refractivity contribution in [3.63, 3.8) is 0 Å². The molecule has 1 amide bonds. The lowest BCUT2D eigenvalue weighted by Crippen LogP contribution is -2.62. The van der Waals surface area contributed by atoms with Crippen LogP contribution >= 0.6 is 0 Å². The topological polar surface area (TPSA) is 41.1 Å². The van der Waals surface area contributed by atoms with Crippen LogP contribution in [0.4, 0.5) is 0 Å². The Bertz CT molecular complexity index is 545. The molecule has 0 saturated carbocycles. The lowest BCUT2D eigenvalue weighted by molar-refractivity contribution is -0.923. The van der Waals surface area contributed by atoms with Gasteiger partial charge in [-0.05, 0) is 39.0 Å². The molecule has 0 saturated heterocycles. The summed E-state index contributed by atoms with van der Waals surface area (Å²) in [5.41, 5.74) is 0. The minimum absolute atomic E-state index is 0.0470. The van der Waals surface area contributed by atoms with Crippen molar-refractivity contribution >= 4 is 5.91 Å². The summed E-state index contributed by atoms with van der Waals surface area (Å²) in [5.74, 6) is 0.0470. The van der Waals surface area contributed by atoms with Gasteiger partial charge in [0.2, 0.25) is 5.91 Å². The molecule has 0 aromatic rings. The summed E-state index contributed by atoms with van der Waals surface area (Å²) in [6, 6.07) is 0. The smallest absolute Gasteiger partial charge is 0.221 e. The van der Waals surface area contributed by atoms with Crippen molar-refractivity contribution in [3.05, 3.63) is 24.6 Å². The van der Waals surface area contributed by atoms with E-state index < -0.39 is 0 Å².